The summed E-state index contributed by atoms with van der Waals surface area (Å²) in [6.07, 6.45) is 1.59. The van der Waals surface area contributed by atoms with Gasteiger partial charge in [0.1, 0.15) is 6.33 Å². The van der Waals surface area contributed by atoms with E-state index in [1.54, 1.807) is 53.5 Å². The molecule has 4 aromatic rings. The molecule has 0 unspecified atom stereocenters. The monoisotopic (exact) mass is 440 g/mol. The lowest BCUT2D eigenvalue weighted by Gasteiger charge is -2.20. The molecular formula is C24H16N4O3S. The highest BCUT2D eigenvalue weighted by atomic mass is 32.2. The zero-order chi connectivity index (χ0) is 22.1. The van der Waals surface area contributed by atoms with Crippen molar-refractivity contribution in [2.24, 2.45) is 0 Å². The lowest BCUT2D eigenvalue weighted by Crippen LogP contribution is -2.24. The number of aromatic nitrogens is 3. The first-order chi connectivity index (χ1) is 15.6. The van der Waals surface area contributed by atoms with Crippen molar-refractivity contribution in [2.45, 2.75) is 5.16 Å². The van der Waals surface area contributed by atoms with E-state index in [9.17, 15) is 14.4 Å². The fourth-order valence-corrected chi connectivity index (χ4v) is 4.18. The molecule has 1 N–H and O–H groups in total. The smallest absolute Gasteiger partial charge is 0.234 e. The molecule has 0 saturated heterocycles. The van der Waals surface area contributed by atoms with Crippen LogP contribution in [0.4, 0.5) is 5.69 Å². The first-order valence-electron chi connectivity index (χ1n) is 9.83. The van der Waals surface area contributed by atoms with Gasteiger partial charge in [0.15, 0.2) is 11.6 Å². The number of para-hydroxylation sites is 1. The molecule has 0 saturated carbocycles. The number of anilines is 1. The molecule has 156 valence electrons. The topological polar surface area (TPSA) is 93.9 Å². The van der Waals surface area contributed by atoms with E-state index in [1.807, 2.05) is 30.3 Å². The van der Waals surface area contributed by atoms with Crippen molar-refractivity contribution in [1.29, 1.82) is 0 Å². The van der Waals surface area contributed by atoms with Gasteiger partial charge in [-0.1, -0.05) is 66.4 Å². The van der Waals surface area contributed by atoms with Crippen molar-refractivity contribution in [3.8, 4) is 5.69 Å². The predicted molar refractivity (Wildman–Crippen MR) is 120 cm³/mol. The summed E-state index contributed by atoms with van der Waals surface area (Å²) in [5, 5.41) is 7.59. The third-order valence-electron chi connectivity index (χ3n) is 5.05. The Morgan fingerprint density at radius 2 is 1.53 bits per heavy atom. The maximum Gasteiger partial charge on any atom is 0.234 e. The highest BCUT2D eigenvalue weighted by Crippen LogP contribution is 2.32. The Bertz CT molecular complexity index is 1360. The number of carbonyl (C=O) groups is 3. The molecule has 0 fully saturated rings. The number of fused-ring (bicyclic) bond motifs is 2. The molecule has 0 aliphatic heterocycles. The van der Waals surface area contributed by atoms with E-state index in [0.717, 1.165) is 5.69 Å². The van der Waals surface area contributed by atoms with Crippen LogP contribution in [-0.4, -0.2) is 38.0 Å². The van der Waals surface area contributed by atoms with Crippen LogP contribution >= 0.6 is 11.8 Å². The summed E-state index contributed by atoms with van der Waals surface area (Å²) >= 11 is 1.18. The second-order valence-electron chi connectivity index (χ2n) is 7.08. The van der Waals surface area contributed by atoms with Gasteiger partial charge in [-0.25, -0.2) is 9.67 Å². The second kappa shape index (κ2) is 8.24. The van der Waals surface area contributed by atoms with Gasteiger partial charge in [-0.3, -0.25) is 14.4 Å². The number of carbonyl (C=O) groups excluding carboxylic acids is 3. The largest absolute Gasteiger partial charge is 0.325 e. The van der Waals surface area contributed by atoms with Gasteiger partial charge in [-0.05, 0) is 18.2 Å². The molecular weight excluding hydrogens is 424 g/mol. The maximum absolute atomic E-state index is 13.0. The molecule has 32 heavy (non-hydrogen) atoms. The summed E-state index contributed by atoms with van der Waals surface area (Å²) in [6, 6.07) is 21.1. The zero-order valence-electron chi connectivity index (χ0n) is 16.7. The van der Waals surface area contributed by atoms with Gasteiger partial charge in [-0.2, -0.15) is 0 Å². The average Bonchev–Trinajstić information content (AvgIpc) is 3.31. The third kappa shape index (κ3) is 3.61. The molecule has 1 aromatic heterocycles. The minimum absolute atomic E-state index is 0.0567. The molecule has 5 rings (SSSR count). The quantitative estimate of drug-likeness (QED) is 0.418. The number of hydrogen-bond donors (Lipinski definition) is 1. The van der Waals surface area contributed by atoms with Crippen LogP contribution in [-0.2, 0) is 4.79 Å². The summed E-state index contributed by atoms with van der Waals surface area (Å²) < 4.78 is 1.63. The third-order valence-corrected chi connectivity index (χ3v) is 5.90. The van der Waals surface area contributed by atoms with E-state index in [-0.39, 0.29) is 28.8 Å². The van der Waals surface area contributed by atoms with E-state index in [2.05, 4.69) is 15.4 Å². The molecule has 1 amide bonds. The van der Waals surface area contributed by atoms with Crippen LogP contribution in [0.5, 0.6) is 0 Å². The molecule has 1 aliphatic rings. The summed E-state index contributed by atoms with van der Waals surface area (Å²) in [6.45, 7) is 0. The molecule has 0 spiro atoms. The Morgan fingerprint density at radius 3 is 2.31 bits per heavy atom. The standard InChI is InChI=1S/C24H16N4O3S/c29-20(13-32-24-25-14-28(27-24)15-7-2-1-3-8-15)26-19-12-6-11-18-21(19)23(31)17-10-5-4-9-16(17)22(18)30/h1-12,14H,13H2,(H,26,29). The Labute approximate surface area is 187 Å². The Morgan fingerprint density at radius 1 is 0.844 bits per heavy atom. The van der Waals surface area contributed by atoms with Gasteiger partial charge in [0.25, 0.3) is 0 Å². The van der Waals surface area contributed by atoms with E-state index < -0.39 is 0 Å². The number of amides is 1. The number of nitrogens with one attached hydrogen (secondary N) is 1. The van der Waals surface area contributed by atoms with Gasteiger partial charge < -0.3 is 5.32 Å². The fourth-order valence-electron chi connectivity index (χ4n) is 3.58. The molecule has 7 nitrogen and oxygen atoms in total. The molecule has 8 heteroatoms. The van der Waals surface area contributed by atoms with Crippen LogP contribution < -0.4 is 5.32 Å². The van der Waals surface area contributed by atoms with Crippen molar-refractivity contribution >= 4 is 34.9 Å². The van der Waals surface area contributed by atoms with Gasteiger partial charge in [0.2, 0.25) is 11.1 Å². The van der Waals surface area contributed by atoms with Crippen LogP contribution in [0.3, 0.4) is 0 Å². The Balaban J connectivity index is 1.32. The fraction of sp³-hybridized carbons (Fsp3) is 0.0417. The number of rotatable bonds is 5. The first-order valence-corrected chi connectivity index (χ1v) is 10.8. The summed E-state index contributed by atoms with van der Waals surface area (Å²) in [7, 11) is 0. The van der Waals surface area contributed by atoms with E-state index in [1.165, 1.54) is 11.8 Å². The van der Waals surface area contributed by atoms with Crippen molar-refractivity contribution in [3.05, 3.63) is 101 Å². The minimum atomic E-state index is -0.321. The Hall–Kier alpha value is -4.04. The lowest BCUT2D eigenvalue weighted by molar-refractivity contribution is -0.113. The molecule has 1 aliphatic carbocycles. The van der Waals surface area contributed by atoms with Gasteiger partial charge in [-0.15, -0.1) is 5.10 Å². The van der Waals surface area contributed by atoms with E-state index in [4.69, 9.17) is 0 Å². The minimum Gasteiger partial charge on any atom is -0.325 e. The van der Waals surface area contributed by atoms with Crippen molar-refractivity contribution in [2.75, 3.05) is 11.1 Å². The average molecular weight is 440 g/mol. The van der Waals surface area contributed by atoms with E-state index in [0.29, 0.717) is 27.5 Å². The molecule has 1 heterocycles. The predicted octanol–water partition coefficient (Wildman–Crippen LogP) is 3.77. The van der Waals surface area contributed by atoms with Crippen LogP contribution in [0.1, 0.15) is 31.8 Å². The van der Waals surface area contributed by atoms with Crippen LogP contribution in [0.15, 0.2) is 84.3 Å². The van der Waals surface area contributed by atoms with Gasteiger partial charge in [0.05, 0.1) is 22.7 Å². The summed E-state index contributed by atoms with van der Waals surface area (Å²) in [5.74, 6) is -0.766. The number of benzene rings is 3. The van der Waals surface area contributed by atoms with Crippen LogP contribution in [0, 0.1) is 0 Å². The zero-order valence-corrected chi connectivity index (χ0v) is 17.5. The van der Waals surface area contributed by atoms with Gasteiger partial charge >= 0.3 is 0 Å². The Kier molecular flexibility index (Phi) is 5.12. The number of hydrogen-bond acceptors (Lipinski definition) is 6. The van der Waals surface area contributed by atoms with E-state index >= 15 is 0 Å². The summed E-state index contributed by atoms with van der Waals surface area (Å²) in [5.41, 5.74) is 2.43. The van der Waals surface area contributed by atoms with Crippen molar-refractivity contribution < 1.29 is 14.4 Å². The van der Waals surface area contributed by atoms with Gasteiger partial charge in [0, 0.05) is 16.7 Å². The number of nitrogens with zero attached hydrogens (tertiary/aromatic N) is 3. The molecule has 0 bridgehead atoms. The summed E-state index contributed by atoms with van der Waals surface area (Å²) in [4.78, 5) is 42.7. The molecule has 3 aromatic carbocycles. The number of ketones is 2. The first kappa shape index (κ1) is 19.9. The molecule has 0 radical (unpaired) electrons. The van der Waals surface area contributed by atoms with Crippen molar-refractivity contribution in [3.63, 3.8) is 0 Å². The highest BCUT2D eigenvalue weighted by molar-refractivity contribution is 7.99. The SMILES string of the molecule is O=C(CSc1ncn(-c2ccccc2)n1)Nc1cccc2c1C(=O)c1ccccc1C2=O. The normalized spacial score (nSPS) is 12.2. The lowest BCUT2D eigenvalue weighted by atomic mass is 9.83. The van der Waals surface area contributed by atoms with Crippen LogP contribution in [0.2, 0.25) is 0 Å². The van der Waals surface area contributed by atoms with Crippen molar-refractivity contribution in [1.82, 2.24) is 14.8 Å². The number of thioether (sulfide) groups is 1. The second-order valence-corrected chi connectivity index (χ2v) is 8.02. The maximum atomic E-state index is 13.0. The van der Waals surface area contributed by atoms with Crippen LogP contribution in [0.25, 0.3) is 5.69 Å². The molecule has 0 atom stereocenters. The highest BCUT2D eigenvalue weighted by Gasteiger charge is 2.31.